The van der Waals surface area contributed by atoms with E-state index < -0.39 is 0 Å². The zero-order valence-corrected chi connectivity index (χ0v) is 6.78. The Kier molecular flexibility index (Phi) is 2.38. The molecule has 0 fully saturated rings. The van der Waals surface area contributed by atoms with Crippen molar-refractivity contribution in [2.45, 2.75) is 6.54 Å². The van der Waals surface area contributed by atoms with Gasteiger partial charge in [0.25, 0.3) is 0 Å². The van der Waals surface area contributed by atoms with E-state index in [1.54, 1.807) is 6.20 Å². The molecule has 1 heterocycles. The average molecular weight is 152 g/mol. The van der Waals surface area contributed by atoms with Gasteiger partial charge in [-0.15, -0.1) is 5.10 Å². The van der Waals surface area contributed by atoms with Crippen LogP contribution in [0.1, 0.15) is 5.56 Å². The maximum atomic E-state index is 5.49. The van der Waals surface area contributed by atoms with Crippen LogP contribution in [0.5, 0.6) is 0 Å². The summed E-state index contributed by atoms with van der Waals surface area (Å²) < 4.78 is 0. The third kappa shape index (κ3) is 1.65. The highest BCUT2D eigenvalue weighted by atomic mass is 15.2. The van der Waals surface area contributed by atoms with Crippen molar-refractivity contribution in [3.63, 3.8) is 0 Å². The van der Waals surface area contributed by atoms with E-state index in [9.17, 15) is 0 Å². The van der Waals surface area contributed by atoms with Crippen molar-refractivity contribution in [1.82, 2.24) is 10.2 Å². The van der Waals surface area contributed by atoms with Crippen molar-refractivity contribution in [2.75, 3.05) is 19.0 Å². The molecule has 60 valence electrons. The number of hydrogen-bond acceptors (Lipinski definition) is 4. The molecule has 2 N–H and O–H groups in total. The molecule has 0 saturated heterocycles. The summed E-state index contributed by atoms with van der Waals surface area (Å²) in [6.45, 7) is 0.503. The zero-order chi connectivity index (χ0) is 8.27. The molecule has 0 amide bonds. The van der Waals surface area contributed by atoms with Crippen molar-refractivity contribution >= 4 is 5.82 Å². The number of nitrogens with two attached hydrogens (primary N) is 1. The molecule has 11 heavy (non-hydrogen) atoms. The van der Waals surface area contributed by atoms with E-state index in [0.29, 0.717) is 6.54 Å². The Hall–Kier alpha value is -1.16. The second kappa shape index (κ2) is 3.30. The number of rotatable bonds is 2. The largest absolute Gasteiger partial charge is 0.361 e. The molecule has 1 aromatic heterocycles. The Morgan fingerprint density at radius 2 is 2.27 bits per heavy atom. The van der Waals surface area contributed by atoms with Gasteiger partial charge in [-0.25, -0.2) is 0 Å². The molecule has 0 radical (unpaired) electrons. The zero-order valence-electron chi connectivity index (χ0n) is 6.78. The van der Waals surface area contributed by atoms with Crippen LogP contribution in [0.4, 0.5) is 5.82 Å². The molecule has 1 rings (SSSR count). The highest BCUT2D eigenvalue weighted by Crippen LogP contribution is 2.11. The Morgan fingerprint density at radius 3 is 2.73 bits per heavy atom. The standard InChI is InChI=1S/C7H12N4/c1-11(2)7-6(5-8)3-4-9-10-7/h3-4H,5,8H2,1-2H3. The molecule has 0 aliphatic carbocycles. The summed E-state index contributed by atoms with van der Waals surface area (Å²) in [7, 11) is 3.84. The molecule has 0 aliphatic heterocycles. The summed E-state index contributed by atoms with van der Waals surface area (Å²) in [6, 6.07) is 1.88. The SMILES string of the molecule is CN(C)c1nnccc1CN. The van der Waals surface area contributed by atoms with Gasteiger partial charge in [-0.3, -0.25) is 0 Å². The van der Waals surface area contributed by atoms with Crippen molar-refractivity contribution in [3.8, 4) is 0 Å². The summed E-state index contributed by atoms with van der Waals surface area (Å²) >= 11 is 0. The number of anilines is 1. The first kappa shape index (κ1) is 7.94. The number of aromatic nitrogens is 2. The highest BCUT2D eigenvalue weighted by Gasteiger charge is 2.02. The minimum atomic E-state index is 0.503. The lowest BCUT2D eigenvalue weighted by molar-refractivity contribution is 0.916. The summed E-state index contributed by atoms with van der Waals surface area (Å²) in [5.41, 5.74) is 6.51. The highest BCUT2D eigenvalue weighted by molar-refractivity contribution is 5.43. The first-order valence-corrected chi connectivity index (χ1v) is 3.43. The first-order chi connectivity index (χ1) is 5.25. The van der Waals surface area contributed by atoms with Crippen LogP contribution in [0.15, 0.2) is 12.3 Å². The fraction of sp³-hybridized carbons (Fsp3) is 0.429. The van der Waals surface area contributed by atoms with Crippen LogP contribution in [0.25, 0.3) is 0 Å². The van der Waals surface area contributed by atoms with Gasteiger partial charge in [0.15, 0.2) is 5.82 Å². The third-order valence-corrected chi connectivity index (χ3v) is 1.43. The third-order valence-electron chi connectivity index (χ3n) is 1.43. The van der Waals surface area contributed by atoms with Gasteiger partial charge in [0.05, 0.1) is 6.20 Å². The first-order valence-electron chi connectivity index (χ1n) is 3.43. The average Bonchev–Trinajstić information content (AvgIpc) is 2.04. The monoisotopic (exact) mass is 152 g/mol. The molecule has 0 saturated carbocycles. The summed E-state index contributed by atoms with van der Waals surface area (Å²) in [4.78, 5) is 1.90. The van der Waals surface area contributed by atoms with Crippen LogP contribution in [-0.4, -0.2) is 24.3 Å². The lowest BCUT2D eigenvalue weighted by Gasteiger charge is -2.12. The lowest BCUT2D eigenvalue weighted by Crippen LogP contribution is -2.15. The summed E-state index contributed by atoms with van der Waals surface area (Å²) in [5.74, 6) is 0.843. The Balaban J connectivity index is 3.02. The minimum Gasteiger partial charge on any atom is -0.361 e. The Morgan fingerprint density at radius 1 is 1.55 bits per heavy atom. The normalized spacial score (nSPS) is 9.73. The lowest BCUT2D eigenvalue weighted by atomic mass is 10.3. The molecule has 0 bridgehead atoms. The van der Waals surface area contributed by atoms with Gasteiger partial charge in [0.1, 0.15) is 0 Å². The predicted octanol–water partition coefficient (Wildman–Crippen LogP) is 0.00130. The van der Waals surface area contributed by atoms with Crippen molar-refractivity contribution < 1.29 is 0 Å². The van der Waals surface area contributed by atoms with Crippen molar-refractivity contribution in [2.24, 2.45) is 5.73 Å². The summed E-state index contributed by atoms with van der Waals surface area (Å²) in [5, 5.41) is 7.71. The second-order valence-electron chi connectivity index (χ2n) is 2.48. The summed E-state index contributed by atoms with van der Waals surface area (Å²) in [6.07, 6.45) is 1.65. The smallest absolute Gasteiger partial charge is 0.155 e. The van der Waals surface area contributed by atoms with Crippen molar-refractivity contribution in [3.05, 3.63) is 17.8 Å². The molecule has 4 nitrogen and oxygen atoms in total. The second-order valence-corrected chi connectivity index (χ2v) is 2.48. The predicted molar refractivity (Wildman–Crippen MR) is 44.3 cm³/mol. The van der Waals surface area contributed by atoms with E-state index in [-0.39, 0.29) is 0 Å². The quantitative estimate of drug-likeness (QED) is 0.648. The van der Waals surface area contributed by atoms with Crippen LogP contribution in [-0.2, 0) is 6.54 Å². The van der Waals surface area contributed by atoms with E-state index in [1.807, 2.05) is 25.1 Å². The molecule has 0 aliphatic rings. The molecule has 0 spiro atoms. The molecular weight excluding hydrogens is 140 g/mol. The van der Waals surface area contributed by atoms with Gasteiger partial charge in [0.2, 0.25) is 0 Å². The topological polar surface area (TPSA) is 55.0 Å². The van der Waals surface area contributed by atoms with Crippen LogP contribution in [0, 0.1) is 0 Å². The van der Waals surface area contributed by atoms with E-state index >= 15 is 0 Å². The van der Waals surface area contributed by atoms with Gasteiger partial charge in [0, 0.05) is 26.2 Å². The van der Waals surface area contributed by atoms with E-state index in [2.05, 4.69) is 10.2 Å². The molecule has 0 atom stereocenters. The van der Waals surface area contributed by atoms with E-state index in [1.165, 1.54) is 0 Å². The van der Waals surface area contributed by atoms with Crippen LogP contribution in [0.3, 0.4) is 0 Å². The van der Waals surface area contributed by atoms with Gasteiger partial charge >= 0.3 is 0 Å². The molecule has 0 aromatic carbocycles. The van der Waals surface area contributed by atoms with Crippen LogP contribution in [0.2, 0.25) is 0 Å². The minimum absolute atomic E-state index is 0.503. The van der Waals surface area contributed by atoms with Gasteiger partial charge in [-0.2, -0.15) is 5.10 Å². The maximum absolute atomic E-state index is 5.49. The number of hydrogen-bond donors (Lipinski definition) is 1. The fourth-order valence-electron chi connectivity index (χ4n) is 0.886. The van der Waals surface area contributed by atoms with Gasteiger partial charge in [-0.1, -0.05) is 0 Å². The van der Waals surface area contributed by atoms with Gasteiger partial charge < -0.3 is 10.6 Å². The van der Waals surface area contributed by atoms with E-state index in [0.717, 1.165) is 11.4 Å². The van der Waals surface area contributed by atoms with Crippen molar-refractivity contribution in [1.29, 1.82) is 0 Å². The van der Waals surface area contributed by atoms with Crippen LogP contribution >= 0.6 is 0 Å². The Labute approximate surface area is 66.0 Å². The fourth-order valence-corrected chi connectivity index (χ4v) is 0.886. The van der Waals surface area contributed by atoms with E-state index in [4.69, 9.17) is 5.73 Å². The van der Waals surface area contributed by atoms with Crippen LogP contribution < -0.4 is 10.6 Å². The molecule has 0 unspecified atom stereocenters. The maximum Gasteiger partial charge on any atom is 0.155 e. The van der Waals surface area contributed by atoms with Gasteiger partial charge in [-0.05, 0) is 6.07 Å². The molecular formula is C7H12N4. The number of nitrogens with zero attached hydrogens (tertiary/aromatic N) is 3. The Bertz CT molecular complexity index is 234. The molecule has 1 aromatic rings. The molecule has 4 heteroatoms.